The van der Waals surface area contributed by atoms with E-state index in [2.05, 4.69) is 49.0 Å². The number of hydrogen-bond donors (Lipinski definition) is 1. The molecule has 3 nitrogen and oxygen atoms in total. The number of esters is 1. The second kappa shape index (κ2) is 9.03. The number of thioether (sulfide) groups is 1. The summed E-state index contributed by atoms with van der Waals surface area (Å²) in [6.45, 7) is 7.33. The van der Waals surface area contributed by atoms with Crippen LogP contribution >= 0.6 is 11.8 Å². The number of hydrogen-bond acceptors (Lipinski definition) is 4. The number of benzene rings is 1. The van der Waals surface area contributed by atoms with Gasteiger partial charge in [0.1, 0.15) is 0 Å². The van der Waals surface area contributed by atoms with Gasteiger partial charge >= 0.3 is 5.97 Å². The maximum absolute atomic E-state index is 11.1. The lowest BCUT2D eigenvalue weighted by Crippen LogP contribution is -2.24. The van der Waals surface area contributed by atoms with E-state index in [9.17, 15) is 4.79 Å². The minimum Gasteiger partial charge on any atom is -0.469 e. The Labute approximate surface area is 126 Å². The SMILES string of the molecule is CCNC(CSCCC(=O)OC)c1cc(C)ccc1C. The lowest BCUT2D eigenvalue weighted by atomic mass is 10.00. The van der Waals surface area contributed by atoms with Crippen molar-refractivity contribution in [3.8, 4) is 0 Å². The molecule has 0 spiro atoms. The molecule has 1 rings (SSSR count). The van der Waals surface area contributed by atoms with E-state index in [4.69, 9.17) is 0 Å². The zero-order valence-electron chi connectivity index (χ0n) is 12.9. The fraction of sp³-hybridized carbons (Fsp3) is 0.562. The predicted molar refractivity (Wildman–Crippen MR) is 86.3 cm³/mol. The zero-order chi connectivity index (χ0) is 15.0. The molecule has 20 heavy (non-hydrogen) atoms. The summed E-state index contributed by atoms with van der Waals surface area (Å²) >= 11 is 1.79. The molecule has 112 valence electrons. The first-order valence-electron chi connectivity index (χ1n) is 7.03. The highest BCUT2D eigenvalue weighted by Crippen LogP contribution is 2.23. The van der Waals surface area contributed by atoms with E-state index in [0.29, 0.717) is 12.5 Å². The van der Waals surface area contributed by atoms with Gasteiger partial charge in [-0.3, -0.25) is 4.79 Å². The largest absolute Gasteiger partial charge is 0.469 e. The molecular weight excluding hydrogens is 270 g/mol. The van der Waals surface area contributed by atoms with Crippen molar-refractivity contribution in [1.82, 2.24) is 5.32 Å². The molecule has 0 radical (unpaired) electrons. The molecule has 1 atom stereocenters. The average Bonchev–Trinajstić information content (AvgIpc) is 2.44. The van der Waals surface area contributed by atoms with E-state index >= 15 is 0 Å². The van der Waals surface area contributed by atoms with E-state index in [-0.39, 0.29) is 5.97 Å². The van der Waals surface area contributed by atoms with Gasteiger partial charge in [0, 0.05) is 17.5 Å². The number of rotatable bonds is 8. The van der Waals surface area contributed by atoms with Crippen molar-refractivity contribution in [2.24, 2.45) is 0 Å². The monoisotopic (exact) mass is 295 g/mol. The summed E-state index contributed by atoms with van der Waals surface area (Å²) in [5, 5.41) is 3.53. The Morgan fingerprint density at radius 1 is 1.40 bits per heavy atom. The topological polar surface area (TPSA) is 38.3 Å². The van der Waals surface area contributed by atoms with Crippen LogP contribution in [0.5, 0.6) is 0 Å². The lowest BCUT2D eigenvalue weighted by molar-refractivity contribution is -0.140. The summed E-state index contributed by atoms with van der Waals surface area (Å²) in [6.07, 6.45) is 0.479. The highest BCUT2D eigenvalue weighted by Gasteiger charge is 2.13. The van der Waals surface area contributed by atoms with E-state index in [0.717, 1.165) is 18.1 Å². The summed E-state index contributed by atoms with van der Waals surface area (Å²) in [4.78, 5) is 11.1. The summed E-state index contributed by atoms with van der Waals surface area (Å²) < 4.78 is 4.66. The van der Waals surface area contributed by atoms with Crippen LogP contribution in [0.4, 0.5) is 0 Å². The van der Waals surface area contributed by atoms with Gasteiger partial charge in [-0.15, -0.1) is 0 Å². The molecule has 0 amide bonds. The third kappa shape index (κ3) is 5.55. The number of carbonyl (C=O) groups is 1. The Morgan fingerprint density at radius 3 is 2.80 bits per heavy atom. The van der Waals surface area contributed by atoms with Crippen LogP contribution in [0, 0.1) is 13.8 Å². The molecule has 0 fully saturated rings. The van der Waals surface area contributed by atoms with Crippen molar-refractivity contribution < 1.29 is 9.53 Å². The Morgan fingerprint density at radius 2 is 2.15 bits per heavy atom. The second-order valence-corrected chi connectivity index (χ2v) is 6.02. The third-order valence-electron chi connectivity index (χ3n) is 3.22. The molecule has 0 aliphatic heterocycles. The number of nitrogens with one attached hydrogen (secondary N) is 1. The number of aryl methyl sites for hydroxylation is 2. The van der Waals surface area contributed by atoms with Crippen molar-refractivity contribution in [2.45, 2.75) is 33.2 Å². The minimum atomic E-state index is -0.135. The normalized spacial score (nSPS) is 12.2. The molecule has 0 aromatic heterocycles. The smallest absolute Gasteiger partial charge is 0.306 e. The average molecular weight is 295 g/mol. The van der Waals surface area contributed by atoms with Crippen LogP contribution in [0.3, 0.4) is 0 Å². The van der Waals surface area contributed by atoms with Crippen LogP contribution in [0.25, 0.3) is 0 Å². The van der Waals surface area contributed by atoms with Crippen molar-refractivity contribution in [3.05, 3.63) is 34.9 Å². The van der Waals surface area contributed by atoms with Crippen molar-refractivity contribution in [2.75, 3.05) is 25.2 Å². The van der Waals surface area contributed by atoms with Crippen molar-refractivity contribution in [1.29, 1.82) is 0 Å². The highest BCUT2D eigenvalue weighted by molar-refractivity contribution is 7.99. The molecule has 4 heteroatoms. The van der Waals surface area contributed by atoms with Gasteiger partial charge in [0.2, 0.25) is 0 Å². The van der Waals surface area contributed by atoms with Crippen LogP contribution in [-0.2, 0) is 9.53 Å². The summed E-state index contributed by atoms with van der Waals surface area (Å²) in [5.74, 6) is 1.64. The van der Waals surface area contributed by atoms with Crippen LogP contribution in [0.15, 0.2) is 18.2 Å². The molecule has 0 saturated heterocycles. The van der Waals surface area contributed by atoms with Gasteiger partial charge in [-0.1, -0.05) is 30.7 Å². The summed E-state index contributed by atoms with van der Waals surface area (Å²) in [7, 11) is 1.44. The Balaban J connectivity index is 2.60. The maximum Gasteiger partial charge on any atom is 0.306 e. The minimum absolute atomic E-state index is 0.135. The molecule has 1 unspecified atom stereocenters. The molecule has 1 aromatic rings. The van der Waals surface area contributed by atoms with Crippen LogP contribution in [-0.4, -0.2) is 31.1 Å². The molecule has 0 heterocycles. The quantitative estimate of drug-likeness (QED) is 0.590. The van der Waals surface area contributed by atoms with Gasteiger partial charge in [0.15, 0.2) is 0 Å². The van der Waals surface area contributed by atoms with Gasteiger partial charge < -0.3 is 10.1 Å². The van der Waals surface area contributed by atoms with Crippen molar-refractivity contribution in [3.63, 3.8) is 0 Å². The van der Waals surface area contributed by atoms with E-state index in [1.165, 1.54) is 23.8 Å². The standard InChI is InChI=1S/C16H25NO2S/c1-5-17-15(11-20-9-8-16(18)19-4)14-10-12(2)6-7-13(14)3/h6-7,10,15,17H,5,8-9,11H2,1-4H3. The van der Waals surface area contributed by atoms with Crippen LogP contribution < -0.4 is 5.32 Å². The number of ether oxygens (including phenoxy) is 1. The predicted octanol–water partition coefficient (Wildman–Crippen LogP) is 3.25. The van der Waals surface area contributed by atoms with Gasteiger partial charge in [0.05, 0.1) is 13.5 Å². The Bertz CT molecular complexity index is 434. The van der Waals surface area contributed by atoms with Gasteiger partial charge in [-0.2, -0.15) is 11.8 Å². The van der Waals surface area contributed by atoms with E-state index < -0.39 is 0 Å². The van der Waals surface area contributed by atoms with E-state index in [1.807, 2.05) is 0 Å². The first-order chi connectivity index (χ1) is 9.58. The van der Waals surface area contributed by atoms with Crippen molar-refractivity contribution >= 4 is 17.7 Å². The molecular formula is C16H25NO2S. The first kappa shape index (κ1) is 17.1. The number of carbonyl (C=O) groups excluding carboxylic acids is 1. The zero-order valence-corrected chi connectivity index (χ0v) is 13.7. The maximum atomic E-state index is 11.1. The molecule has 0 aliphatic rings. The summed E-state index contributed by atoms with van der Waals surface area (Å²) in [5.41, 5.74) is 3.96. The van der Waals surface area contributed by atoms with E-state index in [1.54, 1.807) is 11.8 Å². The first-order valence-corrected chi connectivity index (χ1v) is 8.19. The van der Waals surface area contributed by atoms with Gasteiger partial charge in [0.25, 0.3) is 0 Å². The van der Waals surface area contributed by atoms with Gasteiger partial charge in [-0.05, 0) is 31.5 Å². The molecule has 0 saturated carbocycles. The fourth-order valence-corrected chi connectivity index (χ4v) is 3.11. The highest BCUT2D eigenvalue weighted by atomic mass is 32.2. The lowest BCUT2D eigenvalue weighted by Gasteiger charge is -2.20. The van der Waals surface area contributed by atoms with Crippen LogP contribution in [0.1, 0.15) is 36.1 Å². The van der Waals surface area contributed by atoms with Crippen LogP contribution in [0.2, 0.25) is 0 Å². The molecule has 0 aliphatic carbocycles. The second-order valence-electron chi connectivity index (χ2n) is 4.87. The molecule has 1 N–H and O–H groups in total. The molecule has 0 bridgehead atoms. The Hall–Kier alpha value is -1.00. The van der Waals surface area contributed by atoms with Gasteiger partial charge in [-0.25, -0.2) is 0 Å². The molecule has 1 aromatic carbocycles. The third-order valence-corrected chi connectivity index (χ3v) is 4.29. The summed E-state index contributed by atoms with van der Waals surface area (Å²) in [6, 6.07) is 6.91. The Kier molecular flexibility index (Phi) is 7.70. The fourth-order valence-electron chi connectivity index (χ4n) is 2.10. The number of methoxy groups -OCH3 is 1.